The third-order valence-corrected chi connectivity index (χ3v) is 6.79. The van der Waals surface area contributed by atoms with Gasteiger partial charge in [0, 0.05) is 28.2 Å². The quantitative estimate of drug-likeness (QED) is 0.400. The van der Waals surface area contributed by atoms with Gasteiger partial charge in [-0.15, -0.1) is 0 Å². The number of nitriles is 1. The third-order valence-electron chi connectivity index (χ3n) is 6.16. The lowest BCUT2D eigenvalue weighted by Gasteiger charge is -2.36. The molecule has 0 radical (unpaired) electrons. The molecular weight excluding hydrogens is 399 g/mol. The molecular formula is C25H32Cl2N2. The average Bonchev–Trinajstić information content (AvgIpc) is 2.71. The number of hydrogen-bond donors (Lipinski definition) is 0. The van der Waals surface area contributed by atoms with Crippen LogP contribution in [0.4, 0.5) is 0 Å². The van der Waals surface area contributed by atoms with Gasteiger partial charge >= 0.3 is 0 Å². The molecule has 156 valence electrons. The molecule has 0 spiro atoms. The van der Waals surface area contributed by atoms with Gasteiger partial charge in [-0.2, -0.15) is 5.26 Å². The molecule has 0 saturated carbocycles. The molecule has 2 unspecified atom stereocenters. The molecule has 0 aliphatic rings. The summed E-state index contributed by atoms with van der Waals surface area (Å²) >= 11 is 13.0. The van der Waals surface area contributed by atoms with E-state index in [-0.39, 0.29) is 5.92 Å². The highest BCUT2D eigenvalue weighted by Gasteiger charge is 2.39. The molecule has 0 N–H and O–H groups in total. The van der Waals surface area contributed by atoms with Gasteiger partial charge < -0.3 is 4.90 Å². The zero-order chi connectivity index (χ0) is 21.4. The predicted octanol–water partition coefficient (Wildman–Crippen LogP) is 7.14. The van der Waals surface area contributed by atoms with Crippen LogP contribution in [0, 0.1) is 17.2 Å². The van der Waals surface area contributed by atoms with Gasteiger partial charge in [0.15, 0.2) is 0 Å². The number of rotatable bonds is 10. The summed E-state index contributed by atoms with van der Waals surface area (Å²) < 4.78 is 0. The summed E-state index contributed by atoms with van der Waals surface area (Å²) in [7, 11) is 2.18. The van der Waals surface area contributed by atoms with Crippen molar-refractivity contribution in [1.29, 1.82) is 5.26 Å². The first-order chi connectivity index (χ1) is 13.9. The zero-order valence-electron chi connectivity index (χ0n) is 18.0. The fourth-order valence-electron chi connectivity index (χ4n) is 4.13. The minimum atomic E-state index is -0.691. The van der Waals surface area contributed by atoms with Gasteiger partial charge in [-0.3, -0.25) is 0 Å². The number of halogens is 2. The van der Waals surface area contributed by atoms with Crippen molar-refractivity contribution < 1.29 is 0 Å². The van der Waals surface area contributed by atoms with Gasteiger partial charge in [0.25, 0.3) is 0 Å². The van der Waals surface area contributed by atoms with Crippen LogP contribution in [-0.4, -0.2) is 24.5 Å². The topological polar surface area (TPSA) is 27.0 Å². The van der Waals surface area contributed by atoms with Crippen LogP contribution < -0.4 is 0 Å². The first kappa shape index (κ1) is 23.7. The normalized spacial score (nSPS) is 14.6. The Bertz CT molecular complexity index is 793. The van der Waals surface area contributed by atoms with Crippen LogP contribution in [-0.2, 0) is 11.8 Å². The Hall–Kier alpha value is -1.53. The van der Waals surface area contributed by atoms with E-state index in [0.717, 1.165) is 37.8 Å². The van der Waals surface area contributed by atoms with Crippen LogP contribution >= 0.6 is 23.2 Å². The second-order valence-corrected chi connectivity index (χ2v) is 8.97. The number of nitrogens with zero attached hydrogens (tertiary/aromatic N) is 2. The number of likely N-dealkylation sites (N-methyl/N-ethyl adjacent to an activating group) is 1. The molecule has 2 atom stereocenters. The van der Waals surface area contributed by atoms with Crippen LogP contribution in [0.2, 0.25) is 10.0 Å². The van der Waals surface area contributed by atoms with Gasteiger partial charge in [-0.25, -0.2) is 0 Å². The average molecular weight is 431 g/mol. The van der Waals surface area contributed by atoms with Crippen LogP contribution in [0.15, 0.2) is 48.5 Å². The SMILES string of the molecule is CCC(CCC(C#N)(c1c(Cl)cccc1Cl)C(C)C)N(C)CCc1ccccc1. The van der Waals surface area contributed by atoms with Gasteiger partial charge in [0.1, 0.15) is 0 Å². The third kappa shape index (κ3) is 5.76. The van der Waals surface area contributed by atoms with E-state index in [4.69, 9.17) is 23.2 Å². The Kier molecular flexibility index (Phi) is 9.03. The van der Waals surface area contributed by atoms with Gasteiger partial charge in [-0.05, 0) is 56.3 Å². The number of benzene rings is 2. The van der Waals surface area contributed by atoms with E-state index in [1.54, 1.807) is 0 Å². The number of hydrogen-bond acceptors (Lipinski definition) is 2. The van der Waals surface area contributed by atoms with Crippen molar-refractivity contribution in [2.75, 3.05) is 13.6 Å². The fourth-order valence-corrected chi connectivity index (χ4v) is 4.87. The summed E-state index contributed by atoms with van der Waals surface area (Å²) in [5.74, 6) is 0.108. The van der Waals surface area contributed by atoms with Crippen molar-refractivity contribution in [3.05, 3.63) is 69.7 Å². The molecule has 0 aliphatic heterocycles. The lowest BCUT2D eigenvalue weighted by Crippen LogP contribution is -2.37. The van der Waals surface area contributed by atoms with E-state index in [2.05, 4.69) is 69.1 Å². The van der Waals surface area contributed by atoms with Crippen molar-refractivity contribution in [2.45, 2.75) is 57.9 Å². The zero-order valence-corrected chi connectivity index (χ0v) is 19.5. The molecule has 0 heterocycles. The van der Waals surface area contributed by atoms with E-state index in [9.17, 15) is 5.26 Å². The molecule has 29 heavy (non-hydrogen) atoms. The maximum absolute atomic E-state index is 10.2. The van der Waals surface area contributed by atoms with Crippen LogP contribution in [0.1, 0.15) is 51.2 Å². The predicted molar refractivity (Wildman–Crippen MR) is 125 cm³/mol. The van der Waals surface area contributed by atoms with Crippen molar-refractivity contribution in [1.82, 2.24) is 4.90 Å². The van der Waals surface area contributed by atoms with Crippen LogP contribution in [0.25, 0.3) is 0 Å². The lowest BCUT2D eigenvalue weighted by atomic mass is 9.69. The second kappa shape index (κ2) is 11.0. The van der Waals surface area contributed by atoms with Gasteiger partial charge in [0.05, 0.1) is 11.5 Å². The first-order valence-electron chi connectivity index (χ1n) is 10.5. The molecule has 0 aromatic heterocycles. The Morgan fingerprint density at radius 2 is 1.66 bits per heavy atom. The van der Waals surface area contributed by atoms with Gasteiger partial charge in [0.2, 0.25) is 0 Å². The van der Waals surface area contributed by atoms with Crippen molar-refractivity contribution >= 4 is 23.2 Å². The molecule has 2 rings (SSSR count). The molecule has 2 aromatic carbocycles. The van der Waals surface area contributed by atoms with Crippen molar-refractivity contribution in [3.63, 3.8) is 0 Å². The lowest BCUT2D eigenvalue weighted by molar-refractivity contribution is 0.206. The second-order valence-electron chi connectivity index (χ2n) is 8.15. The Balaban J connectivity index is 2.15. The summed E-state index contributed by atoms with van der Waals surface area (Å²) in [5.41, 5.74) is 1.44. The summed E-state index contributed by atoms with van der Waals surface area (Å²) in [6, 6.07) is 19.1. The van der Waals surface area contributed by atoms with Crippen molar-refractivity contribution in [3.8, 4) is 6.07 Å². The smallest absolute Gasteiger partial charge is 0.0874 e. The minimum absolute atomic E-state index is 0.108. The van der Waals surface area contributed by atoms with Crippen molar-refractivity contribution in [2.24, 2.45) is 5.92 Å². The molecule has 4 heteroatoms. The standard InChI is InChI=1S/C25H32Cl2N2/c1-5-21(29(4)17-15-20-10-7-6-8-11-20)14-16-25(18-28,19(2)3)24-22(26)12-9-13-23(24)27/h6-13,19,21H,5,14-17H2,1-4H3. The highest BCUT2D eigenvalue weighted by Crippen LogP contribution is 2.44. The molecule has 0 aliphatic carbocycles. The summed E-state index contributed by atoms with van der Waals surface area (Å²) in [6.45, 7) is 7.39. The molecule has 0 fully saturated rings. The van der Waals surface area contributed by atoms with E-state index in [0.29, 0.717) is 16.1 Å². The van der Waals surface area contributed by atoms with E-state index in [1.807, 2.05) is 18.2 Å². The molecule has 0 bridgehead atoms. The van der Waals surface area contributed by atoms with Gasteiger partial charge in [-0.1, -0.05) is 80.4 Å². The highest BCUT2D eigenvalue weighted by molar-refractivity contribution is 6.36. The monoisotopic (exact) mass is 430 g/mol. The Labute approximate surface area is 186 Å². The maximum Gasteiger partial charge on any atom is 0.0874 e. The summed E-state index contributed by atoms with van der Waals surface area (Å²) in [5, 5.41) is 11.4. The summed E-state index contributed by atoms with van der Waals surface area (Å²) in [6.07, 6.45) is 3.73. The Morgan fingerprint density at radius 1 is 1.03 bits per heavy atom. The van der Waals surface area contributed by atoms with E-state index < -0.39 is 5.41 Å². The van der Waals surface area contributed by atoms with E-state index in [1.165, 1.54) is 5.56 Å². The fraction of sp³-hybridized carbons (Fsp3) is 0.480. The largest absolute Gasteiger partial charge is 0.303 e. The van der Waals surface area contributed by atoms with Crippen LogP contribution in [0.3, 0.4) is 0 Å². The molecule has 2 aromatic rings. The molecule has 2 nitrogen and oxygen atoms in total. The molecule has 0 saturated heterocycles. The maximum atomic E-state index is 10.2. The molecule has 0 amide bonds. The first-order valence-corrected chi connectivity index (χ1v) is 11.2. The highest BCUT2D eigenvalue weighted by atomic mass is 35.5. The Morgan fingerprint density at radius 3 is 2.17 bits per heavy atom. The van der Waals surface area contributed by atoms with E-state index >= 15 is 0 Å². The minimum Gasteiger partial charge on any atom is -0.303 e. The van der Waals surface area contributed by atoms with Crippen LogP contribution in [0.5, 0.6) is 0 Å². The summed E-state index contributed by atoms with van der Waals surface area (Å²) in [4.78, 5) is 2.42.